The zero-order valence-electron chi connectivity index (χ0n) is 17.4. The predicted molar refractivity (Wildman–Crippen MR) is 119 cm³/mol. The van der Waals surface area contributed by atoms with Crippen LogP contribution in [0, 0.1) is 10.1 Å². The maximum absolute atomic E-state index is 12.7. The molecule has 1 N–H and O–H groups in total. The van der Waals surface area contributed by atoms with Crippen LogP contribution in [0.1, 0.15) is 19.4 Å². The number of nitro groups is 1. The van der Waals surface area contributed by atoms with E-state index < -0.39 is 14.9 Å². The molecule has 0 aliphatic rings. The molecule has 1 heterocycles. The fourth-order valence-corrected chi connectivity index (χ4v) is 4.74. The molecule has 2 aromatic carbocycles. The number of anilines is 1. The standard InChI is InChI=1S/C21H25N5O4S/c1-3-24(4-2)31(29,30)19-10-11-20(21(16-19)26(27)28)22-14-12-17-6-8-18(9-7-17)25-15-5-13-23-25/h5-11,13,15-16,22H,3-4,12,14H2,1-2H3. The molecule has 0 spiro atoms. The Hall–Kier alpha value is -3.24. The van der Waals surface area contributed by atoms with Gasteiger partial charge in [-0.3, -0.25) is 10.1 Å². The van der Waals surface area contributed by atoms with Crippen LogP contribution in [0.15, 0.2) is 65.8 Å². The van der Waals surface area contributed by atoms with E-state index in [2.05, 4.69) is 10.4 Å². The van der Waals surface area contributed by atoms with Gasteiger partial charge in [-0.1, -0.05) is 26.0 Å². The van der Waals surface area contributed by atoms with Gasteiger partial charge in [0.05, 0.1) is 15.5 Å². The lowest BCUT2D eigenvalue weighted by Crippen LogP contribution is -2.30. The number of aromatic nitrogens is 2. The molecule has 0 aliphatic carbocycles. The summed E-state index contributed by atoms with van der Waals surface area (Å²) in [5, 5.41) is 18.8. The average molecular weight is 444 g/mol. The lowest BCUT2D eigenvalue weighted by molar-refractivity contribution is -0.384. The minimum absolute atomic E-state index is 0.0809. The first-order chi connectivity index (χ1) is 14.9. The maximum atomic E-state index is 12.7. The molecule has 0 atom stereocenters. The quantitative estimate of drug-likeness (QED) is 0.379. The summed E-state index contributed by atoms with van der Waals surface area (Å²) in [5.74, 6) is 0. The number of nitro benzene ring substituents is 1. The molecule has 164 valence electrons. The highest BCUT2D eigenvalue weighted by atomic mass is 32.2. The van der Waals surface area contributed by atoms with Gasteiger partial charge in [0.2, 0.25) is 10.0 Å². The Bertz CT molecular complexity index is 1130. The third-order valence-corrected chi connectivity index (χ3v) is 6.99. The molecule has 3 rings (SSSR count). The Morgan fingerprint density at radius 1 is 1.13 bits per heavy atom. The molecule has 10 heteroatoms. The van der Waals surface area contributed by atoms with Gasteiger partial charge in [0.15, 0.2) is 0 Å². The van der Waals surface area contributed by atoms with Gasteiger partial charge in [-0.2, -0.15) is 9.40 Å². The second-order valence-electron chi connectivity index (χ2n) is 6.82. The van der Waals surface area contributed by atoms with Crippen molar-refractivity contribution in [2.24, 2.45) is 0 Å². The van der Waals surface area contributed by atoms with Crippen LogP contribution >= 0.6 is 0 Å². The molecule has 0 radical (unpaired) electrons. The van der Waals surface area contributed by atoms with E-state index in [1.165, 1.54) is 16.4 Å². The van der Waals surface area contributed by atoms with Crippen LogP contribution in [0.2, 0.25) is 0 Å². The number of sulfonamides is 1. The monoisotopic (exact) mass is 443 g/mol. The Morgan fingerprint density at radius 2 is 1.84 bits per heavy atom. The Morgan fingerprint density at radius 3 is 2.42 bits per heavy atom. The van der Waals surface area contributed by atoms with Crippen molar-refractivity contribution < 1.29 is 13.3 Å². The van der Waals surface area contributed by atoms with E-state index >= 15 is 0 Å². The van der Waals surface area contributed by atoms with Crippen LogP contribution in [0.25, 0.3) is 5.69 Å². The van der Waals surface area contributed by atoms with Crippen molar-refractivity contribution in [2.75, 3.05) is 25.0 Å². The van der Waals surface area contributed by atoms with Crippen molar-refractivity contribution in [2.45, 2.75) is 25.2 Å². The van der Waals surface area contributed by atoms with Gasteiger partial charge in [0.25, 0.3) is 5.69 Å². The van der Waals surface area contributed by atoms with Crippen LogP contribution in [0.3, 0.4) is 0 Å². The molecule has 9 nitrogen and oxygen atoms in total. The molecule has 3 aromatic rings. The molecule has 0 fully saturated rings. The zero-order valence-corrected chi connectivity index (χ0v) is 18.2. The molecule has 0 unspecified atom stereocenters. The van der Waals surface area contributed by atoms with Crippen molar-refractivity contribution in [1.29, 1.82) is 0 Å². The first-order valence-corrected chi connectivity index (χ1v) is 11.4. The smallest absolute Gasteiger partial charge is 0.293 e. The summed E-state index contributed by atoms with van der Waals surface area (Å²) < 4.78 is 28.4. The molecular weight excluding hydrogens is 418 g/mol. The average Bonchev–Trinajstić information content (AvgIpc) is 3.30. The molecule has 1 aromatic heterocycles. The maximum Gasteiger partial charge on any atom is 0.293 e. The van der Waals surface area contributed by atoms with Gasteiger partial charge in [0.1, 0.15) is 5.69 Å². The van der Waals surface area contributed by atoms with Crippen molar-refractivity contribution in [3.63, 3.8) is 0 Å². The second kappa shape index (κ2) is 9.71. The van der Waals surface area contributed by atoms with Gasteiger partial charge < -0.3 is 5.32 Å². The number of rotatable bonds is 10. The van der Waals surface area contributed by atoms with Gasteiger partial charge >= 0.3 is 0 Å². The van der Waals surface area contributed by atoms with E-state index in [9.17, 15) is 18.5 Å². The summed E-state index contributed by atoms with van der Waals surface area (Å²) in [6, 6.07) is 13.7. The highest BCUT2D eigenvalue weighted by Crippen LogP contribution is 2.29. The third kappa shape index (κ3) is 5.09. The van der Waals surface area contributed by atoms with E-state index in [0.717, 1.165) is 17.3 Å². The molecular formula is C21H25N5O4S. The van der Waals surface area contributed by atoms with Gasteiger partial charge in [-0.15, -0.1) is 0 Å². The minimum Gasteiger partial charge on any atom is -0.379 e. The summed E-state index contributed by atoms with van der Waals surface area (Å²) >= 11 is 0. The highest BCUT2D eigenvalue weighted by Gasteiger charge is 2.25. The summed E-state index contributed by atoms with van der Waals surface area (Å²) in [5.41, 5.74) is 2.04. The molecule has 0 amide bonds. The van der Waals surface area contributed by atoms with Crippen molar-refractivity contribution in [1.82, 2.24) is 14.1 Å². The van der Waals surface area contributed by atoms with Crippen LogP contribution in [-0.2, 0) is 16.4 Å². The summed E-state index contributed by atoms with van der Waals surface area (Å²) in [6.45, 7) is 4.52. The Labute approximate surface area is 181 Å². The fraction of sp³-hybridized carbons (Fsp3) is 0.286. The normalized spacial score (nSPS) is 11.6. The first kappa shape index (κ1) is 22.4. The van der Waals surface area contributed by atoms with Crippen LogP contribution in [-0.4, -0.2) is 47.1 Å². The van der Waals surface area contributed by atoms with E-state index in [1.807, 2.05) is 36.5 Å². The molecule has 31 heavy (non-hydrogen) atoms. The summed E-state index contributed by atoms with van der Waals surface area (Å²) in [7, 11) is -3.77. The number of hydrogen-bond acceptors (Lipinski definition) is 6. The lowest BCUT2D eigenvalue weighted by Gasteiger charge is -2.18. The Balaban J connectivity index is 1.71. The van der Waals surface area contributed by atoms with Crippen molar-refractivity contribution >= 4 is 21.4 Å². The number of benzene rings is 2. The van der Waals surface area contributed by atoms with Gasteiger partial charge in [-0.25, -0.2) is 13.1 Å². The molecule has 0 aliphatic heterocycles. The van der Waals surface area contributed by atoms with E-state index in [-0.39, 0.29) is 16.3 Å². The number of nitrogens with zero attached hydrogens (tertiary/aromatic N) is 4. The van der Waals surface area contributed by atoms with E-state index in [4.69, 9.17) is 0 Å². The Kier molecular flexibility index (Phi) is 7.03. The fourth-order valence-electron chi connectivity index (χ4n) is 3.26. The lowest BCUT2D eigenvalue weighted by atomic mass is 10.1. The minimum atomic E-state index is -3.77. The van der Waals surface area contributed by atoms with Gasteiger partial charge in [-0.05, 0) is 42.3 Å². The highest BCUT2D eigenvalue weighted by molar-refractivity contribution is 7.89. The second-order valence-corrected chi connectivity index (χ2v) is 8.76. The predicted octanol–water partition coefficient (Wildman–Crippen LogP) is 3.47. The van der Waals surface area contributed by atoms with Crippen LogP contribution < -0.4 is 5.32 Å². The largest absolute Gasteiger partial charge is 0.379 e. The third-order valence-electron chi connectivity index (χ3n) is 4.94. The van der Waals surface area contributed by atoms with Crippen LogP contribution in [0.5, 0.6) is 0 Å². The topological polar surface area (TPSA) is 110 Å². The molecule has 0 bridgehead atoms. The first-order valence-electron chi connectivity index (χ1n) is 9.98. The van der Waals surface area contributed by atoms with Crippen LogP contribution in [0.4, 0.5) is 11.4 Å². The molecule has 0 saturated heterocycles. The van der Waals surface area contributed by atoms with E-state index in [0.29, 0.717) is 26.1 Å². The van der Waals surface area contributed by atoms with E-state index in [1.54, 1.807) is 24.7 Å². The van der Waals surface area contributed by atoms with Crippen molar-refractivity contribution in [3.8, 4) is 5.69 Å². The van der Waals surface area contributed by atoms with Gasteiger partial charge in [0, 0.05) is 38.1 Å². The summed E-state index contributed by atoms with van der Waals surface area (Å²) in [6.07, 6.45) is 4.22. The summed E-state index contributed by atoms with van der Waals surface area (Å²) in [4.78, 5) is 10.9. The SMILES string of the molecule is CCN(CC)S(=O)(=O)c1ccc(NCCc2ccc(-n3cccn3)cc2)c([N+](=O)[O-])c1. The number of nitrogens with one attached hydrogen (secondary N) is 1. The zero-order chi connectivity index (χ0) is 22.4. The van der Waals surface area contributed by atoms with Crippen molar-refractivity contribution in [3.05, 3.63) is 76.6 Å². The number of hydrogen-bond donors (Lipinski definition) is 1. The molecule has 0 saturated carbocycles.